The van der Waals surface area contributed by atoms with Crippen LogP contribution in [0.3, 0.4) is 0 Å². The average molecular weight is 214 g/mol. The zero-order valence-corrected chi connectivity index (χ0v) is 9.22. The van der Waals surface area contributed by atoms with Crippen molar-refractivity contribution in [2.24, 2.45) is 0 Å². The lowest BCUT2D eigenvalue weighted by Gasteiger charge is -2.08. The van der Waals surface area contributed by atoms with Crippen molar-refractivity contribution in [3.05, 3.63) is 18.0 Å². The molecule has 5 heteroatoms. The van der Waals surface area contributed by atoms with Gasteiger partial charge < -0.3 is 14.6 Å². The largest absolute Gasteiger partial charge is 0.386 e. The zero-order chi connectivity index (χ0) is 11.1. The third-order valence-corrected chi connectivity index (χ3v) is 2.07. The molecule has 1 unspecified atom stereocenters. The van der Waals surface area contributed by atoms with Crippen molar-refractivity contribution in [3.8, 4) is 0 Å². The van der Waals surface area contributed by atoms with Gasteiger partial charge in [0.05, 0.1) is 26.0 Å². The van der Waals surface area contributed by atoms with Gasteiger partial charge in [-0.15, -0.1) is 0 Å². The molecular formula is C10H18N2O3. The molecular weight excluding hydrogens is 196 g/mol. The molecule has 1 N–H and O–H groups in total. The Kier molecular flexibility index (Phi) is 5.31. The van der Waals surface area contributed by atoms with Gasteiger partial charge in [-0.25, -0.2) is 0 Å². The highest BCUT2D eigenvalue weighted by Gasteiger charge is 2.09. The first-order valence-corrected chi connectivity index (χ1v) is 5.05. The predicted molar refractivity (Wildman–Crippen MR) is 55.6 cm³/mol. The summed E-state index contributed by atoms with van der Waals surface area (Å²) in [7, 11) is 1.62. The van der Waals surface area contributed by atoms with Crippen molar-refractivity contribution < 1.29 is 14.6 Å². The molecule has 1 atom stereocenters. The minimum absolute atomic E-state index is 0.277. The number of aryl methyl sites for hydroxylation is 1. The Balaban J connectivity index is 2.29. The zero-order valence-electron chi connectivity index (χ0n) is 9.22. The highest BCUT2D eigenvalue weighted by Crippen LogP contribution is 2.11. The van der Waals surface area contributed by atoms with Crippen LogP contribution in [0.4, 0.5) is 0 Å². The SMILES string of the molecule is CCn1cc(C(O)COCCOC)cn1. The molecule has 0 spiro atoms. The number of ether oxygens (including phenoxy) is 2. The molecule has 1 rings (SSSR count). The maximum Gasteiger partial charge on any atom is 0.105 e. The molecule has 0 fully saturated rings. The van der Waals surface area contributed by atoms with Crippen molar-refractivity contribution in [1.29, 1.82) is 0 Å². The molecule has 1 heterocycles. The van der Waals surface area contributed by atoms with E-state index >= 15 is 0 Å². The number of hydrogen-bond donors (Lipinski definition) is 1. The fourth-order valence-electron chi connectivity index (χ4n) is 1.16. The van der Waals surface area contributed by atoms with Crippen molar-refractivity contribution in [3.63, 3.8) is 0 Å². The van der Waals surface area contributed by atoms with E-state index in [1.807, 2.05) is 13.1 Å². The number of methoxy groups -OCH3 is 1. The Morgan fingerprint density at radius 2 is 2.33 bits per heavy atom. The van der Waals surface area contributed by atoms with E-state index in [2.05, 4.69) is 5.10 Å². The number of aliphatic hydroxyl groups is 1. The molecule has 0 saturated heterocycles. The second-order valence-corrected chi connectivity index (χ2v) is 3.21. The van der Waals surface area contributed by atoms with Gasteiger partial charge in [0.25, 0.3) is 0 Å². The molecule has 0 aliphatic carbocycles. The summed E-state index contributed by atoms with van der Waals surface area (Å²) in [5.74, 6) is 0. The quantitative estimate of drug-likeness (QED) is 0.675. The Morgan fingerprint density at radius 3 is 2.93 bits per heavy atom. The molecule has 0 saturated carbocycles. The lowest BCUT2D eigenvalue weighted by molar-refractivity contribution is 0.0126. The van der Waals surface area contributed by atoms with Crippen molar-refractivity contribution in [2.45, 2.75) is 19.6 Å². The van der Waals surface area contributed by atoms with Crippen LogP contribution in [0.25, 0.3) is 0 Å². The normalized spacial score (nSPS) is 13.0. The van der Waals surface area contributed by atoms with Crippen LogP contribution >= 0.6 is 0 Å². The smallest absolute Gasteiger partial charge is 0.105 e. The molecule has 0 aromatic carbocycles. The summed E-state index contributed by atoms with van der Waals surface area (Å²) in [5, 5.41) is 13.8. The topological polar surface area (TPSA) is 56.5 Å². The fraction of sp³-hybridized carbons (Fsp3) is 0.700. The van der Waals surface area contributed by atoms with Gasteiger partial charge in [0, 0.05) is 25.4 Å². The Labute approximate surface area is 89.6 Å². The summed E-state index contributed by atoms with van der Waals surface area (Å²) in [6.07, 6.45) is 2.88. The molecule has 0 amide bonds. The van der Waals surface area contributed by atoms with Crippen molar-refractivity contribution in [2.75, 3.05) is 26.9 Å². The van der Waals surface area contributed by atoms with E-state index in [1.54, 1.807) is 18.0 Å². The highest BCUT2D eigenvalue weighted by atomic mass is 16.5. The maximum atomic E-state index is 9.71. The number of aromatic nitrogens is 2. The molecule has 0 radical (unpaired) electrons. The Hall–Kier alpha value is -0.910. The molecule has 0 bridgehead atoms. The van der Waals surface area contributed by atoms with E-state index in [4.69, 9.17) is 9.47 Å². The van der Waals surface area contributed by atoms with Gasteiger partial charge in [-0.3, -0.25) is 4.68 Å². The van der Waals surface area contributed by atoms with Gasteiger partial charge in [0.2, 0.25) is 0 Å². The third-order valence-electron chi connectivity index (χ3n) is 2.07. The predicted octanol–water partition coefficient (Wildman–Crippen LogP) is 0.599. The summed E-state index contributed by atoms with van der Waals surface area (Å²) in [6.45, 7) is 4.12. The minimum atomic E-state index is -0.609. The summed E-state index contributed by atoms with van der Waals surface area (Å²) in [4.78, 5) is 0. The fourth-order valence-corrected chi connectivity index (χ4v) is 1.16. The van der Waals surface area contributed by atoms with Crippen LogP contribution in [0.15, 0.2) is 12.4 Å². The van der Waals surface area contributed by atoms with Gasteiger partial charge in [-0.1, -0.05) is 0 Å². The summed E-state index contributed by atoms with van der Waals surface area (Å²) in [6, 6.07) is 0. The van der Waals surface area contributed by atoms with Gasteiger partial charge in [0.1, 0.15) is 6.10 Å². The van der Waals surface area contributed by atoms with Crippen LogP contribution in [0.1, 0.15) is 18.6 Å². The van der Waals surface area contributed by atoms with Crippen molar-refractivity contribution >= 4 is 0 Å². The van der Waals surface area contributed by atoms with E-state index < -0.39 is 6.10 Å². The number of nitrogens with zero attached hydrogens (tertiary/aromatic N) is 2. The van der Waals surface area contributed by atoms with E-state index in [9.17, 15) is 5.11 Å². The summed E-state index contributed by atoms with van der Waals surface area (Å²) in [5.41, 5.74) is 0.786. The molecule has 1 aromatic heterocycles. The first-order valence-electron chi connectivity index (χ1n) is 5.05. The van der Waals surface area contributed by atoms with Crippen LogP contribution in [0.2, 0.25) is 0 Å². The van der Waals surface area contributed by atoms with Crippen LogP contribution in [-0.2, 0) is 16.0 Å². The molecule has 86 valence electrons. The van der Waals surface area contributed by atoms with E-state index in [1.165, 1.54) is 0 Å². The van der Waals surface area contributed by atoms with Crippen LogP contribution in [0, 0.1) is 0 Å². The first kappa shape index (κ1) is 12.2. The van der Waals surface area contributed by atoms with Gasteiger partial charge in [-0.05, 0) is 6.92 Å². The average Bonchev–Trinajstić information content (AvgIpc) is 2.72. The second-order valence-electron chi connectivity index (χ2n) is 3.21. The first-order chi connectivity index (χ1) is 7.27. The summed E-state index contributed by atoms with van der Waals surface area (Å²) < 4.78 is 11.8. The Bertz CT molecular complexity index is 275. The standard InChI is InChI=1S/C10H18N2O3/c1-3-12-7-9(6-11-12)10(13)8-15-5-4-14-2/h6-7,10,13H,3-5,8H2,1-2H3. The lowest BCUT2D eigenvalue weighted by atomic mass is 10.2. The van der Waals surface area contributed by atoms with Crippen LogP contribution in [-0.4, -0.2) is 41.8 Å². The third kappa shape index (κ3) is 3.99. The molecule has 1 aromatic rings. The second kappa shape index (κ2) is 6.55. The van der Waals surface area contributed by atoms with Gasteiger partial charge in [-0.2, -0.15) is 5.10 Å². The van der Waals surface area contributed by atoms with Crippen LogP contribution < -0.4 is 0 Å². The maximum absolute atomic E-state index is 9.71. The number of hydrogen-bond acceptors (Lipinski definition) is 4. The van der Waals surface area contributed by atoms with Crippen molar-refractivity contribution in [1.82, 2.24) is 9.78 Å². The molecule has 0 aliphatic rings. The van der Waals surface area contributed by atoms with E-state index in [-0.39, 0.29) is 6.61 Å². The highest BCUT2D eigenvalue weighted by molar-refractivity contribution is 5.07. The lowest BCUT2D eigenvalue weighted by Crippen LogP contribution is -2.10. The van der Waals surface area contributed by atoms with E-state index in [0.29, 0.717) is 13.2 Å². The summed E-state index contributed by atoms with van der Waals surface area (Å²) >= 11 is 0. The van der Waals surface area contributed by atoms with Gasteiger partial charge >= 0.3 is 0 Å². The minimum Gasteiger partial charge on any atom is -0.386 e. The monoisotopic (exact) mass is 214 g/mol. The van der Waals surface area contributed by atoms with E-state index in [0.717, 1.165) is 12.1 Å². The van der Waals surface area contributed by atoms with Gasteiger partial charge in [0.15, 0.2) is 0 Å². The molecule has 15 heavy (non-hydrogen) atoms. The van der Waals surface area contributed by atoms with Crippen LogP contribution in [0.5, 0.6) is 0 Å². The number of rotatable bonds is 7. The molecule has 0 aliphatic heterocycles. The number of aliphatic hydroxyl groups excluding tert-OH is 1. The molecule has 5 nitrogen and oxygen atoms in total. The Morgan fingerprint density at radius 1 is 1.53 bits per heavy atom.